The first-order valence-corrected chi connectivity index (χ1v) is 8.06. The first-order chi connectivity index (χ1) is 10.5. The maximum Gasteiger partial charge on any atom is 0.262 e. The molecule has 0 unspecified atom stereocenters. The summed E-state index contributed by atoms with van der Waals surface area (Å²) < 4.78 is 12.2. The number of carbonyl (C=O) groups excluding carboxylic acids is 1. The van der Waals surface area contributed by atoms with Crippen molar-refractivity contribution in [1.82, 2.24) is 0 Å². The number of nitrogens with one attached hydrogen (secondary N) is 1. The topological polar surface area (TPSA) is 47.6 Å². The number of anilines is 1. The molecule has 0 saturated heterocycles. The van der Waals surface area contributed by atoms with E-state index in [1.54, 1.807) is 6.07 Å². The average molecular weight is 411 g/mol. The van der Waals surface area contributed by atoms with Gasteiger partial charge >= 0.3 is 0 Å². The monoisotopic (exact) mass is 411 g/mol. The van der Waals surface area contributed by atoms with E-state index in [1.807, 2.05) is 56.3 Å². The molecule has 0 heterocycles. The van der Waals surface area contributed by atoms with Gasteiger partial charge in [-0.2, -0.15) is 0 Å². The van der Waals surface area contributed by atoms with Crippen LogP contribution in [-0.4, -0.2) is 18.6 Å². The van der Waals surface area contributed by atoms with Gasteiger partial charge in [0.1, 0.15) is 11.5 Å². The van der Waals surface area contributed by atoms with Crippen LogP contribution in [0.15, 0.2) is 48.5 Å². The van der Waals surface area contributed by atoms with Crippen LogP contribution in [0.25, 0.3) is 0 Å². The lowest BCUT2D eigenvalue weighted by Crippen LogP contribution is -2.20. The second-order valence-electron chi connectivity index (χ2n) is 4.99. The van der Waals surface area contributed by atoms with E-state index in [9.17, 15) is 4.79 Å². The normalized spacial score (nSPS) is 10.4. The van der Waals surface area contributed by atoms with Crippen LogP contribution >= 0.6 is 22.6 Å². The lowest BCUT2D eigenvalue weighted by Gasteiger charge is -2.12. The Hall–Kier alpha value is -1.76. The molecule has 0 aliphatic rings. The minimum atomic E-state index is -0.208. The standard InChI is InChI=1S/C17H18INO3/c1-12(2)22-16-5-3-4-14(10-16)19-17(20)11-21-15-8-6-13(18)7-9-15/h3-10,12H,11H2,1-2H3,(H,19,20). The maximum atomic E-state index is 11.9. The van der Waals surface area contributed by atoms with Gasteiger partial charge in [0.2, 0.25) is 0 Å². The number of ether oxygens (including phenoxy) is 2. The van der Waals surface area contributed by atoms with Crippen LogP contribution in [0.5, 0.6) is 11.5 Å². The SMILES string of the molecule is CC(C)Oc1cccc(NC(=O)COc2ccc(I)cc2)c1. The Morgan fingerprint density at radius 2 is 1.86 bits per heavy atom. The third-order valence-electron chi connectivity index (χ3n) is 2.67. The van der Waals surface area contributed by atoms with Crippen LogP contribution in [0.4, 0.5) is 5.69 Å². The van der Waals surface area contributed by atoms with Gasteiger partial charge in [0.25, 0.3) is 5.91 Å². The quantitative estimate of drug-likeness (QED) is 0.729. The molecule has 0 aliphatic heterocycles. The number of halogens is 1. The van der Waals surface area contributed by atoms with Crippen LogP contribution in [0.3, 0.4) is 0 Å². The summed E-state index contributed by atoms with van der Waals surface area (Å²) in [7, 11) is 0. The third kappa shape index (κ3) is 5.55. The zero-order valence-corrected chi connectivity index (χ0v) is 14.7. The second-order valence-corrected chi connectivity index (χ2v) is 6.23. The highest BCUT2D eigenvalue weighted by Gasteiger charge is 2.05. The Kier molecular flexibility index (Phi) is 6.06. The van der Waals surface area contributed by atoms with Gasteiger partial charge in [-0.05, 0) is 72.8 Å². The number of hydrogen-bond donors (Lipinski definition) is 1. The molecule has 1 amide bonds. The van der Waals surface area contributed by atoms with E-state index in [1.165, 1.54) is 0 Å². The summed E-state index contributed by atoms with van der Waals surface area (Å²) in [5.41, 5.74) is 0.689. The Morgan fingerprint density at radius 3 is 2.55 bits per heavy atom. The molecule has 0 radical (unpaired) electrons. The number of rotatable bonds is 6. The van der Waals surface area contributed by atoms with Gasteiger partial charge in [-0.1, -0.05) is 6.07 Å². The molecule has 0 bridgehead atoms. The van der Waals surface area contributed by atoms with E-state index in [0.717, 1.165) is 9.32 Å². The van der Waals surface area contributed by atoms with Gasteiger partial charge in [-0.25, -0.2) is 0 Å². The number of carbonyl (C=O) groups is 1. The molecular formula is C17H18INO3. The molecule has 2 rings (SSSR count). The van der Waals surface area contributed by atoms with Crippen molar-refractivity contribution >= 4 is 34.2 Å². The zero-order chi connectivity index (χ0) is 15.9. The fourth-order valence-corrected chi connectivity index (χ4v) is 2.16. The molecule has 5 heteroatoms. The van der Waals surface area contributed by atoms with Gasteiger partial charge in [-0.15, -0.1) is 0 Å². The van der Waals surface area contributed by atoms with Crippen molar-refractivity contribution in [3.05, 3.63) is 52.1 Å². The summed E-state index contributed by atoms with van der Waals surface area (Å²) in [5, 5.41) is 2.79. The van der Waals surface area contributed by atoms with E-state index < -0.39 is 0 Å². The Balaban J connectivity index is 1.87. The maximum absolute atomic E-state index is 11.9. The van der Waals surface area contributed by atoms with Crippen LogP contribution in [0.1, 0.15) is 13.8 Å². The molecule has 2 aromatic rings. The highest BCUT2D eigenvalue weighted by molar-refractivity contribution is 14.1. The van der Waals surface area contributed by atoms with Gasteiger partial charge in [-0.3, -0.25) is 4.79 Å². The molecule has 1 N–H and O–H groups in total. The summed E-state index contributed by atoms with van der Waals surface area (Å²) in [4.78, 5) is 11.9. The van der Waals surface area contributed by atoms with Crippen molar-refractivity contribution in [3.63, 3.8) is 0 Å². The number of benzene rings is 2. The van der Waals surface area contributed by atoms with Gasteiger partial charge in [0, 0.05) is 15.3 Å². The number of amides is 1. The van der Waals surface area contributed by atoms with Crippen molar-refractivity contribution in [2.45, 2.75) is 20.0 Å². The predicted molar refractivity (Wildman–Crippen MR) is 95.5 cm³/mol. The predicted octanol–water partition coefficient (Wildman–Crippen LogP) is 4.10. The largest absolute Gasteiger partial charge is 0.491 e. The molecule has 116 valence electrons. The average Bonchev–Trinajstić information content (AvgIpc) is 2.46. The lowest BCUT2D eigenvalue weighted by molar-refractivity contribution is -0.118. The molecule has 0 fully saturated rings. The van der Waals surface area contributed by atoms with Crippen molar-refractivity contribution < 1.29 is 14.3 Å². The fourth-order valence-electron chi connectivity index (χ4n) is 1.80. The van der Waals surface area contributed by atoms with E-state index in [2.05, 4.69) is 27.9 Å². The first-order valence-electron chi connectivity index (χ1n) is 6.98. The van der Waals surface area contributed by atoms with Crippen LogP contribution in [0.2, 0.25) is 0 Å². The lowest BCUT2D eigenvalue weighted by atomic mass is 10.3. The molecule has 0 atom stereocenters. The zero-order valence-electron chi connectivity index (χ0n) is 12.5. The molecule has 0 aliphatic carbocycles. The molecule has 2 aromatic carbocycles. The van der Waals surface area contributed by atoms with E-state index in [0.29, 0.717) is 11.4 Å². The summed E-state index contributed by atoms with van der Waals surface area (Å²) in [6.07, 6.45) is 0.0927. The smallest absolute Gasteiger partial charge is 0.262 e. The Labute approximate surface area is 144 Å². The minimum Gasteiger partial charge on any atom is -0.491 e. The van der Waals surface area contributed by atoms with E-state index in [-0.39, 0.29) is 18.6 Å². The molecule has 0 aromatic heterocycles. The summed E-state index contributed by atoms with van der Waals surface area (Å²) >= 11 is 2.22. The highest BCUT2D eigenvalue weighted by Crippen LogP contribution is 2.18. The van der Waals surface area contributed by atoms with Crippen molar-refractivity contribution in [2.24, 2.45) is 0 Å². The van der Waals surface area contributed by atoms with Crippen molar-refractivity contribution in [3.8, 4) is 11.5 Å². The Bertz CT molecular complexity index is 626. The summed E-state index contributed by atoms with van der Waals surface area (Å²) in [6.45, 7) is 3.89. The summed E-state index contributed by atoms with van der Waals surface area (Å²) in [6, 6.07) is 14.9. The third-order valence-corrected chi connectivity index (χ3v) is 3.39. The molecule has 0 saturated carbocycles. The fraction of sp³-hybridized carbons (Fsp3) is 0.235. The van der Waals surface area contributed by atoms with Crippen LogP contribution in [-0.2, 0) is 4.79 Å². The van der Waals surface area contributed by atoms with Gasteiger partial charge < -0.3 is 14.8 Å². The Morgan fingerprint density at radius 1 is 1.14 bits per heavy atom. The molecule has 4 nitrogen and oxygen atoms in total. The first kappa shape index (κ1) is 16.6. The summed E-state index contributed by atoms with van der Waals surface area (Å²) in [5.74, 6) is 1.19. The van der Waals surface area contributed by atoms with E-state index >= 15 is 0 Å². The highest BCUT2D eigenvalue weighted by atomic mass is 127. The van der Waals surface area contributed by atoms with E-state index in [4.69, 9.17) is 9.47 Å². The van der Waals surface area contributed by atoms with Gasteiger partial charge in [0.15, 0.2) is 6.61 Å². The van der Waals surface area contributed by atoms with Crippen LogP contribution in [0, 0.1) is 3.57 Å². The molecule has 22 heavy (non-hydrogen) atoms. The van der Waals surface area contributed by atoms with Gasteiger partial charge in [0.05, 0.1) is 6.10 Å². The van der Waals surface area contributed by atoms with Crippen LogP contribution < -0.4 is 14.8 Å². The minimum absolute atomic E-state index is 0.0319. The molecular weight excluding hydrogens is 393 g/mol. The molecule has 0 spiro atoms. The van der Waals surface area contributed by atoms with Crippen molar-refractivity contribution in [1.29, 1.82) is 0 Å². The number of hydrogen-bond acceptors (Lipinski definition) is 3. The van der Waals surface area contributed by atoms with Crippen molar-refractivity contribution in [2.75, 3.05) is 11.9 Å². The second kappa shape index (κ2) is 8.03.